The number of carbonyl (C=O) groups is 1. The second kappa shape index (κ2) is 6.16. The minimum absolute atomic E-state index is 0.183. The molecule has 3 heterocycles. The van der Waals surface area contributed by atoms with Crippen LogP contribution in [-0.2, 0) is 4.79 Å². The van der Waals surface area contributed by atoms with Crippen molar-refractivity contribution in [3.63, 3.8) is 0 Å². The normalized spacial score (nSPS) is 15.4. The van der Waals surface area contributed by atoms with E-state index in [2.05, 4.69) is 15.2 Å². The van der Waals surface area contributed by atoms with Gasteiger partial charge in [-0.1, -0.05) is 23.9 Å². The summed E-state index contributed by atoms with van der Waals surface area (Å²) in [5.74, 6) is 0.579. The number of rotatable bonds is 3. The SMILES string of the molecule is O=C(CSc1nc2ccccc2n2cnnc12)N1CCCCC1. The van der Waals surface area contributed by atoms with Crippen LogP contribution in [0.5, 0.6) is 0 Å². The molecule has 0 spiro atoms. The first-order valence-electron chi connectivity index (χ1n) is 7.82. The Morgan fingerprint density at radius 1 is 1.17 bits per heavy atom. The molecular formula is C16H17N5OS. The first kappa shape index (κ1) is 14.4. The molecule has 1 saturated heterocycles. The number of likely N-dealkylation sites (tertiary alicyclic amines) is 1. The summed E-state index contributed by atoms with van der Waals surface area (Å²) in [4.78, 5) is 19.0. The van der Waals surface area contributed by atoms with Gasteiger partial charge in [-0.05, 0) is 31.4 Å². The van der Waals surface area contributed by atoms with Crippen LogP contribution in [0.15, 0.2) is 35.6 Å². The van der Waals surface area contributed by atoms with E-state index in [0.29, 0.717) is 11.4 Å². The number of nitrogens with zero attached hydrogens (tertiary/aromatic N) is 5. The van der Waals surface area contributed by atoms with E-state index >= 15 is 0 Å². The average Bonchev–Trinajstić information content (AvgIpc) is 3.10. The highest BCUT2D eigenvalue weighted by Gasteiger charge is 2.18. The zero-order valence-electron chi connectivity index (χ0n) is 12.7. The van der Waals surface area contributed by atoms with Crippen LogP contribution in [-0.4, -0.2) is 49.2 Å². The average molecular weight is 327 g/mol. The van der Waals surface area contributed by atoms with Gasteiger partial charge in [0.15, 0.2) is 5.65 Å². The summed E-state index contributed by atoms with van der Waals surface area (Å²) >= 11 is 1.45. The molecular weight excluding hydrogens is 310 g/mol. The standard InChI is InChI=1S/C16H17N5OS/c22-14(20-8-4-1-5-9-20)10-23-16-15-19-17-11-21(15)13-7-3-2-6-12(13)18-16/h2-3,6-7,11H,1,4-5,8-10H2. The van der Waals surface area contributed by atoms with Crippen LogP contribution in [0.2, 0.25) is 0 Å². The summed E-state index contributed by atoms with van der Waals surface area (Å²) in [6, 6.07) is 7.88. The van der Waals surface area contributed by atoms with Crippen molar-refractivity contribution >= 4 is 34.3 Å². The summed E-state index contributed by atoms with van der Waals surface area (Å²) < 4.78 is 1.93. The van der Waals surface area contributed by atoms with Crippen molar-refractivity contribution in [1.29, 1.82) is 0 Å². The molecule has 118 valence electrons. The summed E-state index contributed by atoms with van der Waals surface area (Å²) in [6.07, 6.45) is 5.14. The predicted octanol–water partition coefficient (Wildman–Crippen LogP) is 2.38. The number of piperidine rings is 1. The van der Waals surface area contributed by atoms with E-state index in [1.54, 1.807) is 6.33 Å². The lowest BCUT2D eigenvalue weighted by Crippen LogP contribution is -2.36. The topological polar surface area (TPSA) is 63.4 Å². The van der Waals surface area contributed by atoms with E-state index < -0.39 is 0 Å². The number of fused-ring (bicyclic) bond motifs is 3. The summed E-state index contributed by atoms with van der Waals surface area (Å²) in [6.45, 7) is 1.76. The van der Waals surface area contributed by atoms with Crippen molar-refractivity contribution in [2.24, 2.45) is 0 Å². The van der Waals surface area contributed by atoms with E-state index in [1.165, 1.54) is 18.2 Å². The third kappa shape index (κ3) is 2.76. The Balaban J connectivity index is 1.60. The van der Waals surface area contributed by atoms with Gasteiger partial charge in [0.1, 0.15) is 11.4 Å². The molecule has 1 aliphatic heterocycles. The van der Waals surface area contributed by atoms with Crippen LogP contribution in [0, 0.1) is 0 Å². The van der Waals surface area contributed by atoms with Crippen molar-refractivity contribution in [2.75, 3.05) is 18.8 Å². The summed E-state index contributed by atoms with van der Waals surface area (Å²) in [5.41, 5.74) is 2.56. The van der Waals surface area contributed by atoms with Gasteiger partial charge in [0.05, 0.1) is 16.8 Å². The number of benzene rings is 1. The van der Waals surface area contributed by atoms with E-state index in [1.807, 2.05) is 33.6 Å². The fourth-order valence-corrected chi connectivity index (χ4v) is 3.81. The fourth-order valence-electron chi connectivity index (χ4n) is 2.94. The maximum absolute atomic E-state index is 12.3. The third-order valence-electron chi connectivity index (χ3n) is 4.14. The minimum Gasteiger partial charge on any atom is -0.342 e. The van der Waals surface area contributed by atoms with Crippen LogP contribution < -0.4 is 0 Å². The Hall–Kier alpha value is -2.15. The number of amides is 1. The first-order chi connectivity index (χ1) is 11.3. The van der Waals surface area contributed by atoms with Gasteiger partial charge < -0.3 is 4.90 Å². The Labute approximate surface area is 137 Å². The molecule has 3 aromatic rings. The minimum atomic E-state index is 0.183. The van der Waals surface area contributed by atoms with Crippen molar-refractivity contribution < 1.29 is 4.79 Å². The lowest BCUT2D eigenvalue weighted by Gasteiger charge is -2.26. The van der Waals surface area contributed by atoms with E-state index in [0.717, 1.165) is 42.0 Å². The molecule has 0 N–H and O–H groups in total. The molecule has 0 aliphatic carbocycles. The van der Waals surface area contributed by atoms with Crippen LogP contribution in [0.3, 0.4) is 0 Å². The van der Waals surface area contributed by atoms with Crippen molar-refractivity contribution in [3.8, 4) is 0 Å². The number of thioether (sulfide) groups is 1. The van der Waals surface area contributed by atoms with E-state index in [-0.39, 0.29) is 5.91 Å². The molecule has 4 rings (SSSR count). The van der Waals surface area contributed by atoms with Crippen LogP contribution in [0.25, 0.3) is 16.7 Å². The second-order valence-electron chi connectivity index (χ2n) is 5.66. The van der Waals surface area contributed by atoms with Gasteiger partial charge in [0, 0.05) is 13.1 Å². The lowest BCUT2D eigenvalue weighted by atomic mass is 10.1. The highest BCUT2D eigenvalue weighted by atomic mass is 32.2. The first-order valence-corrected chi connectivity index (χ1v) is 8.80. The molecule has 6 nitrogen and oxygen atoms in total. The predicted molar refractivity (Wildman–Crippen MR) is 89.4 cm³/mol. The number of hydrogen-bond acceptors (Lipinski definition) is 5. The number of carbonyl (C=O) groups excluding carboxylic acids is 1. The number of hydrogen-bond donors (Lipinski definition) is 0. The monoisotopic (exact) mass is 327 g/mol. The maximum atomic E-state index is 12.3. The van der Waals surface area contributed by atoms with Gasteiger partial charge in [-0.2, -0.15) is 0 Å². The zero-order chi connectivity index (χ0) is 15.6. The summed E-state index contributed by atoms with van der Waals surface area (Å²) in [7, 11) is 0. The van der Waals surface area contributed by atoms with Crippen molar-refractivity contribution in [2.45, 2.75) is 24.3 Å². The molecule has 0 unspecified atom stereocenters. The largest absolute Gasteiger partial charge is 0.342 e. The van der Waals surface area contributed by atoms with E-state index in [9.17, 15) is 4.79 Å². The van der Waals surface area contributed by atoms with Gasteiger partial charge in [-0.25, -0.2) is 4.98 Å². The van der Waals surface area contributed by atoms with Crippen molar-refractivity contribution in [3.05, 3.63) is 30.6 Å². The highest BCUT2D eigenvalue weighted by Crippen LogP contribution is 2.25. The van der Waals surface area contributed by atoms with Crippen LogP contribution in [0.4, 0.5) is 0 Å². The Morgan fingerprint density at radius 3 is 2.87 bits per heavy atom. The van der Waals surface area contributed by atoms with Gasteiger partial charge in [-0.3, -0.25) is 9.20 Å². The van der Waals surface area contributed by atoms with Crippen LogP contribution in [0.1, 0.15) is 19.3 Å². The Bertz CT molecular complexity index is 856. The molecule has 1 fully saturated rings. The third-order valence-corrected chi connectivity index (χ3v) is 5.08. The Morgan fingerprint density at radius 2 is 2.00 bits per heavy atom. The summed E-state index contributed by atoms with van der Waals surface area (Å²) in [5, 5.41) is 8.91. The quantitative estimate of drug-likeness (QED) is 0.691. The lowest BCUT2D eigenvalue weighted by molar-refractivity contribution is -0.129. The zero-order valence-corrected chi connectivity index (χ0v) is 13.5. The molecule has 2 aromatic heterocycles. The fraction of sp³-hybridized carbons (Fsp3) is 0.375. The molecule has 0 saturated carbocycles. The highest BCUT2D eigenvalue weighted by molar-refractivity contribution is 8.00. The van der Waals surface area contributed by atoms with Gasteiger partial charge >= 0.3 is 0 Å². The second-order valence-corrected chi connectivity index (χ2v) is 6.62. The molecule has 1 amide bonds. The molecule has 1 aromatic carbocycles. The van der Waals surface area contributed by atoms with Crippen LogP contribution >= 0.6 is 11.8 Å². The van der Waals surface area contributed by atoms with Gasteiger partial charge in [-0.15, -0.1) is 10.2 Å². The molecule has 0 atom stereocenters. The molecule has 0 radical (unpaired) electrons. The van der Waals surface area contributed by atoms with Gasteiger partial charge in [0.25, 0.3) is 0 Å². The molecule has 23 heavy (non-hydrogen) atoms. The van der Waals surface area contributed by atoms with Gasteiger partial charge in [0.2, 0.25) is 5.91 Å². The smallest absolute Gasteiger partial charge is 0.232 e. The maximum Gasteiger partial charge on any atom is 0.232 e. The molecule has 7 heteroatoms. The molecule has 0 bridgehead atoms. The van der Waals surface area contributed by atoms with Crippen molar-refractivity contribution in [1.82, 2.24) is 24.5 Å². The number of para-hydroxylation sites is 2. The molecule has 1 aliphatic rings. The van der Waals surface area contributed by atoms with E-state index in [4.69, 9.17) is 0 Å². The Kier molecular flexibility index (Phi) is 3.87. The number of aromatic nitrogens is 4.